The van der Waals surface area contributed by atoms with Crippen LogP contribution in [0.15, 0.2) is 12.4 Å². The van der Waals surface area contributed by atoms with Crippen molar-refractivity contribution in [3.05, 3.63) is 12.4 Å². The zero-order valence-corrected chi connectivity index (χ0v) is 5.97. The summed E-state index contributed by atoms with van der Waals surface area (Å²) in [7, 11) is 0. The van der Waals surface area contributed by atoms with E-state index in [2.05, 4.69) is 10.6 Å². The standard InChI is InChI=1S/C6H10N2O2/c1-5(9)7-3-4-8-6(2)10/h3-4H,1-2H3,(H,7,9)(H,8,10)/b4-3-. The molecule has 0 bridgehead atoms. The van der Waals surface area contributed by atoms with Crippen LogP contribution in [0.5, 0.6) is 0 Å². The van der Waals surface area contributed by atoms with E-state index in [1.807, 2.05) is 0 Å². The molecule has 0 unspecified atom stereocenters. The minimum absolute atomic E-state index is 0.165. The van der Waals surface area contributed by atoms with Gasteiger partial charge < -0.3 is 10.6 Å². The van der Waals surface area contributed by atoms with Crippen LogP contribution < -0.4 is 10.6 Å². The molecule has 56 valence electrons. The maximum atomic E-state index is 10.2. The van der Waals surface area contributed by atoms with Gasteiger partial charge >= 0.3 is 0 Å². The van der Waals surface area contributed by atoms with Crippen molar-refractivity contribution in [1.82, 2.24) is 10.6 Å². The first-order valence-corrected chi connectivity index (χ1v) is 2.82. The van der Waals surface area contributed by atoms with Gasteiger partial charge in [0.2, 0.25) is 11.8 Å². The first-order valence-electron chi connectivity index (χ1n) is 2.82. The molecular formula is C6H10N2O2. The number of hydrogen-bond donors (Lipinski definition) is 2. The largest absolute Gasteiger partial charge is 0.331 e. The van der Waals surface area contributed by atoms with Gasteiger partial charge in [-0.1, -0.05) is 0 Å². The summed E-state index contributed by atoms with van der Waals surface area (Å²) in [5, 5.41) is 4.73. The Morgan fingerprint density at radius 3 is 1.50 bits per heavy atom. The van der Waals surface area contributed by atoms with Crippen molar-refractivity contribution < 1.29 is 9.59 Å². The van der Waals surface area contributed by atoms with Crippen LogP contribution in [0.4, 0.5) is 0 Å². The molecule has 4 nitrogen and oxygen atoms in total. The number of rotatable bonds is 2. The molecule has 0 aliphatic heterocycles. The van der Waals surface area contributed by atoms with Crippen molar-refractivity contribution in [2.45, 2.75) is 13.8 Å². The number of hydrogen-bond acceptors (Lipinski definition) is 2. The number of carbonyl (C=O) groups excluding carboxylic acids is 2. The second-order valence-electron chi connectivity index (χ2n) is 1.73. The molecule has 4 heteroatoms. The van der Waals surface area contributed by atoms with Crippen molar-refractivity contribution in [3.8, 4) is 0 Å². The van der Waals surface area contributed by atoms with Gasteiger partial charge in [-0.05, 0) is 0 Å². The molecule has 0 aromatic rings. The van der Waals surface area contributed by atoms with E-state index in [0.717, 1.165) is 0 Å². The molecule has 0 saturated carbocycles. The molecule has 0 aromatic carbocycles. The molecular weight excluding hydrogens is 132 g/mol. The second kappa shape index (κ2) is 4.55. The Hall–Kier alpha value is -1.32. The minimum atomic E-state index is -0.165. The van der Waals surface area contributed by atoms with Gasteiger partial charge in [-0.2, -0.15) is 0 Å². The highest BCUT2D eigenvalue weighted by Crippen LogP contribution is 1.64. The Morgan fingerprint density at radius 1 is 1.00 bits per heavy atom. The van der Waals surface area contributed by atoms with E-state index in [9.17, 15) is 9.59 Å². The smallest absolute Gasteiger partial charge is 0.220 e. The van der Waals surface area contributed by atoms with Crippen molar-refractivity contribution in [3.63, 3.8) is 0 Å². The second-order valence-corrected chi connectivity index (χ2v) is 1.73. The summed E-state index contributed by atoms with van der Waals surface area (Å²) < 4.78 is 0. The molecule has 0 aliphatic rings. The molecule has 0 atom stereocenters. The molecule has 0 saturated heterocycles. The van der Waals surface area contributed by atoms with E-state index in [0.29, 0.717) is 0 Å². The normalized spacial score (nSPS) is 9.40. The summed E-state index contributed by atoms with van der Waals surface area (Å²) in [5.74, 6) is -0.330. The van der Waals surface area contributed by atoms with Gasteiger partial charge in [0.05, 0.1) is 0 Å². The van der Waals surface area contributed by atoms with E-state index >= 15 is 0 Å². The van der Waals surface area contributed by atoms with Crippen LogP contribution in [0.2, 0.25) is 0 Å². The van der Waals surface area contributed by atoms with Gasteiger partial charge in [-0.25, -0.2) is 0 Å². The van der Waals surface area contributed by atoms with E-state index in [-0.39, 0.29) is 11.8 Å². The van der Waals surface area contributed by atoms with Crippen molar-refractivity contribution in [1.29, 1.82) is 0 Å². The van der Waals surface area contributed by atoms with E-state index < -0.39 is 0 Å². The highest BCUT2D eigenvalue weighted by Gasteiger charge is 1.83. The summed E-state index contributed by atoms with van der Waals surface area (Å²) in [4.78, 5) is 20.4. The first kappa shape index (κ1) is 8.68. The summed E-state index contributed by atoms with van der Waals surface area (Å²) >= 11 is 0. The third-order valence-corrected chi connectivity index (χ3v) is 0.657. The molecule has 0 radical (unpaired) electrons. The monoisotopic (exact) mass is 142 g/mol. The maximum absolute atomic E-state index is 10.2. The van der Waals surface area contributed by atoms with Gasteiger partial charge in [0.25, 0.3) is 0 Å². The summed E-state index contributed by atoms with van der Waals surface area (Å²) in [5.41, 5.74) is 0. The lowest BCUT2D eigenvalue weighted by molar-refractivity contribution is -0.119. The third kappa shape index (κ3) is 6.68. The highest BCUT2D eigenvalue weighted by molar-refractivity contribution is 5.75. The molecule has 0 rings (SSSR count). The van der Waals surface area contributed by atoms with Crippen LogP contribution in [0.1, 0.15) is 13.8 Å². The van der Waals surface area contributed by atoms with E-state index in [1.54, 1.807) is 0 Å². The zero-order chi connectivity index (χ0) is 7.98. The quantitative estimate of drug-likeness (QED) is 0.557. The summed E-state index contributed by atoms with van der Waals surface area (Å²) in [6, 6.07) is 0. The van der Waals surface area contributed by atoms with Crippen LogP contribution in [0, 0.1) is 0 Å². The van der Waals surface area contributed by atoms with Crippen molar-refractivity contribution in [2.24, 2.45) is 0 Å². The fourth-order valence-electron chi connectivity index (χ4n) is 0.318. The minimum Gasteiger partial charge on any atom is -0.331 e. The van der Waals surface area contributed by atoms with Crippen molar-refractivity contribution in [2.75, 3.05) is 0 Å². The molecule has 0 heterocycles. The van der Waals surface area contributed by atoms with Crippen LogP contribution in [0.3, 0.4) is 0 Å². The Balaban J connectivity index is 3.38. The van der Waals surface area contributed by atoms with Crippen LogP contribution in [0.25, 0.3) is 0 Å². The fourth-order valence-corrected chi connectivity index (χ4v) is 0.318. The van der Waals surface area contributed by atoms with Gasteiger partial charge in [-0.15, -0.1) is 0 Å². The fraction of sp³-hybridized carbons (Fsp3) is 0.333. The molecule has 2 N–H and O–H groups in total. The van der Waals surface area contributed by atoms with Gasteiger partial charge in [0.1, 0.15) is 0 Å². The van der Waals surface area contributed by atoms with Gasteiger partial charge in [-0.3, -0.25) is 9.59 Å². The lowest BCUT2D eigenvalue weighted by atomic mass is 10.6. The SMILES string of the molecule is CC(=O)N/C=C\NC(C)=O. The van der Waals surface area contributed by atoms with Crippen LogP contribution in [-0.4, -0.2) is 11.8 Å². The molecule has 0 aromatic heterocycles. The predicted octanol–water partition coefficient (Wildman–Crippen LogP) is -0.270. The van der Waals surface area contributed by atoms with Crippen LogP contribution >= 0.6 is 0 Å². The molecule has 2 amide bonds. The highest BCUT2D eigenvalue weighted by atomic mass is 16.2. The molecule has 0 aliphatic carbocycles. The van der Waals surface area contributed by atoms with E-state index in [4.69, 9.17) is 0 Å². The topological polar surface area (TPSA) is 58.2 Å². The van der Waals surface area contributed by atoms with E-state index in [1.165, 1.54) is 26.2 Å². The lowest BCUT2D eigenvalue weighted by Crippen LogP contribution is -2.16. The van der Waals surface area contributed by atoms with Gasteiger partial charge in [0, 0.05) is 26.2 Å². The van der Waals surface area contributed by atoms with Gasteiger partial charge in [0.15, 0.2) is 0 Å². The Bertz CT molecular complexity index is 145. The number of amides is 2. The first-order chi connectivity index (χ1) is 4.63. The Labute approximate surface area is 59.3 Å². The maximum Gasteiger partial charge on any atom is 0.220 e. The summed E-state index contributed by atoms with van der Waals surface area (Å²) in [6.07, 6.45) is 2.73. The molecule has 10 heavy (non-hydrogen) atoms. The predicted molar refractivity (Wildman–Crippen MR) is 36.8 cm³/mol. The van der Waals surface area contributed by atoms with Crippen molar-refractivity contribution >= 4 is 11.8 Å². The molecule has 0 fully saturated rings. The number of carbonyl (C=O) groups is 2. The van der Waals surface area contributed by atoms with Crippen LogP contribution in [-0.2, 0) is 9.59 Å². The average molecular weight is 142 g/mol. The Morgan fingerprint density at radius 2 is 1.30 bits per heavy atom. The lowest BCUT2D eigenvalue weighted by Gasteiger charge is -1.91. The third-order valence-electron chi connectivity index (χ3n) is 0.657. The molecule has 0 spiro atoms. The Kier molecular flexibility index (Phi) is 3.95. The average Bonchev–Trinajstić information content (AvgIpc) is 1.79. The zero-order valence-electron chi connectivity index (χ0n) is 5.97. The number of nitrogens with one attached hydrogen (secondary N) is 2. The summed E-state index contributed by atoms with van der Waals surface area (Å²) in [6.45, 7) is 2.77.